The van der Waals surface area contributed by atoms with Crippen LogP contribution in [0.1, 0.15) is 39.9 Å². The third-order valence-corrected chi connectivity index (χ3v) is 10.2. The van der Waals surface area contributed by atoms with Crippen molar-refractivity contribution >= 4 is 40.9 Å². The molecule has 1 fully saturated rings. The van der Waals surface area contributed by atoms with Gasteiger partial charge in [-0.2, -0.15) is 13.3 Å². The Labute approximate surface area is 324 Å². The number of aromatic nitrogens is 4. The first kappa shape index (κ1) is 37.7. The topological polar surface area (TPSA) is 163 Å². The minimum Gasteiger partial charge on any atom is -0.449 e. The lowest BCUT2D eigenvalue weighted by atomic mass is 9.98. The fourth-order valence-corrected chi connectivity index (χ4v) is 7.40. The van der Waals surface area contributed by atoms with Crippen molar-refractivity contribution in [3.05, 3.63) is 137 Å². The zero-order valence-electron chi connectivity index (χ0n) is 29.9. The summed E-state index contributed by atoms with van der Waals surface area (Å²) in [6.45, 7) is -1.18. The molecule has 1 aliphatic heterocycles. The predicted octanol–water partition coefficient (Wildman–Crippen LogP) is 4.97. The number of alkyl carbamates (subject to hydrolysis) is 1. The third-order valence-electron chi connectivity index (χ3n) is 10.2. The molecule has 0 bridgehead atoms. The second-order valence-electron chi connectivity index (χ2n) is 13.4. The van der Waals surface area contributed by atoms with Crippen LogP contribution in [0.15, 0.2) is 91.5 Å². The Kier molecular flexibility index (Phi) is 9.75. The molecule has 0 unspecified atom stereocenters. The van der Waals surface area contributed by atoms with E-state index in [1.807, 2.05) is 48.5 Å². The van der Waals surface area contributed by atoms with Crippen LogP contribution in [0, 0.1) is 29.1 Å². The summed E-state index contributed by atoms with van der Waals surface area (Å²) in [6.07, 6.45) is 1.09. The molecule has 8 rings (SSSR count). The zero-order valence-corrected chi connectivity index (χ0v) is 29.9. The summed E-state index contributed by atoms with van der Waals surface area (Å²) in [5.41, 5.74) is 10.4. The second-order valence-corrected chi connectivity index (χ2v) is 13.4. The first-order valence-corrected chi connectivity index (χ1v) is 17.7. The highest BCUT2D eigenvalue weighted by atomic mass is 19.2. The number of nitrogens with one attached hydrogen (secondary N) is 1. The Morgan fingerprint density at radius 2 is 1.41 bits per heavy atom. The molecule has 18 heteroatoms. The molecular formula is C40H29F5N7O6+. The molecule has 13 nitrogen and oxygen atoms in total. The van der Waals surface area contributed by atoms with Crippen LogP contribution in [-0.2, 0) is 14.3 Å². The Balaban J connectivity index is 1.06. The van der Waals surface area contributed by atoms with Gasteiger partial charge in [-0.05, 0) is 34.4 Å². The molecule has 0 saturated carbocycles. The van der Waals surface area contributed by atoms with Crippen molar-refractivity contribution in [2.45, 2.75) is 24.4 Å². The third kappa shape index (κ3) is 6.50. The average Bonchev–Trinajstić information content (AvgIpc) is 3.98. The van der Waals surface area contributed by atoms with Crippen LogP contribution in [-0.4, -0.2) is 69.1 Å². The zero-order chi connectivity index (χ0) is 40.8. The van der Waals surface area contributed by atoms with Crippen molar-refractivity contribution < 1.29 is 55.2 Å². The number of carbonyl (C=O) groups is 4. The standard InChI is InChI=1S/C40H28F5N7O6/c41-29-30(42)32(44)35(33(45)31(29)43)58-39(55)27-14-21(51-18-48-34-36(46)49-19-52(37(34)51)38(54)20-8-2-1-3-9-20)16-50(27)28(53)15-47-40(56)57-17-26-24-12-6-4-10-22(24)23-11-5-7-13-25(23)26/h1-13,18-19,21,26-27,46H,14-17H2,(H,47,56)/p+1/t21-,27-/m1/s1. The van der Waals surface area contributed by atoms with Gasteiger partial charge < -0.3 is 25.4 Å². The molecule has 4 aromatic carbocycles. The summed E-state index contributed by atoms with van der Waals surface area (Å²) >= 11 is 0. The van der Waals surface area contributed by atoms with Gasteiger partial charge in [0.2, 0.25) is 52.9 Å². The number of carbonyl (C=O) groups excluding carboxylic acids is 4. The number of anilines is 1. The number of ether oxygens (including phenoxy) is 2. The van der Waals surface area contributed by atoms with E-state index >= 15 is 0 Å². The molecule has 0 spiro atoms. The van der Waals surface area contributed by atoms with Crippen molar-refractivity contribution in [1.82, 2.24) is 24.8 Å². The van der Waals surface area contributed by atoms with Crippen molar-refractivity contribution in [1.29, 1.82) is 0 Å². The number of imidazole rings is 1. The highest BCUT2D eigenvalue weighted by Gasteiger charge is 2.45. The molecule has 0 radical (unpaired) electrons. The van der Waals surface area contributed by atoms with Crippen LogP contribution >= 0.6 is 0 Å². The van der Waals surface area contributed by atoms with Gasteiger partial charge in [0, 0.05) is 12.3 Å². The number of likely N-dealkylation sites (tertiary alicyclic amines) is 1. The molecule has 3 heterocycles. The fraction of sp³-hybridized carbons (Fsp3) is 0.175. The number of benzene rings is 4. The molecule has 3 N–H and O–H groups in total. The van der Waals surface area contributed by atoms with Gasteiger partial charge in [0.05, 0.1) is 12.1 Å². The Morgan fingerprint density at radius 1 is 0.810 bits per heavy atom. The highest BCUT2D eigenvalue weighted by molar-refractivity contribution is 5.91. The SMILES string of the molecule is Nc1nc[n+](C(=O)c2ccccc2)c2c1ncn2[C@@H]1C[C@H](C(=O)Oc2c(F)c(F)c(F)c(F)c2F)N(C(=O)CNC(=O)OCC2c3ccccc3-c3ccccc32)C1. The van der Waals surface area contributed by atoms with E-state index in [1.165, 1.54) is 10.9 Å². The maximum atomic E-state index is 14.6. The van der Waals surface area contributed by atoms with Crippen LogP contribution in [0.25, 0.3) is 22.3 Å². The molecule has 58 heavy (non-hydrogen) atoms. The highest BCUT2D eigenvalue weighted by Crippen LogP contribution is 2.44. The normalized spacial score (nSPS) is 15.9. The van der Waals surface area contributed by atoms with E-state index in [-0.39, 0.29) is 48.0 Å². The number of hydrogen-bond acceptors (Lipinski definition) is 9. The van der Waals surface area contributed by atoms with Gasteiger partial charge in [-0.3, -0.25) is 4.79 Å². The molecule has 2 atom stereocenters. The molecule has 2 aliphatic rings. The quantitative estimate of drug-likeness (QED) is 0.0541. The molecule has 1 saturated heterocycles. The number of amides is 2. The first-order chi connectivity index (χ1) is 27.9. The Bertz CT molecular complexity index is 2590. The molecule has 1 aliphatic carbocycles. The second kappa shape index (κ2) is 15.0. The number of rotatable bonds is 8. The van der Waals surface area contributed by atoms with Crippen molar-refractivity contribution in [3.63, 3.8) is 0 Å². The van der Waals surface area contributed by atoms with E-state index in [1.54, 1.807) is 30.3 Å². The minimum atomic E-state index is -2.47. The Morgan fingerprint density at radius 3 is 2.07 bits per heavy atom. The monoisotopic (exact) mass is 798 g/mol. The summed E-state index contributed by atoms with van der Waals surface area (Å²) in [4.78, 5) is 63.3. The van der Waals surface area contributed by atoms with Gasteiger partial charge in [-0.1, -0.05) is 71.7 Å². The number of halogens is 5. The van der Waals surface area contributed by atoms with Crippen LogP contribution in [0.4, 0.5) is 32.6 Å². The number of nitrogens with two attached hydrogens (primary N) is 1. The Hall–Kier alpha value is -7.24. The van der Waals surface area contributed by atoms with Crippen LogP contribution in [0.5, 0.6) is 5.75 Å². The molecule has 294 valence electrons. The van der Waals surface area contributed by atoms with Gasteiger partial charge in [-0.15, -0.1) is 0 Å². The lowest BCUT2D eigenvalue weighted by Crippen LogP contribution is -2.47. The van der Waals surface area contributed by atoms with Crippen LogP contribution in [0.3, 0.4) is 0 Å². The minimum absolute atomic E-state index is 0.0636. The van der Waals surface area contributed by atoms with Gasteiger partial charge in [0.15, 0.2) is 11.8 Å². The number of nitrogens with zero attached hydrogens (tertiary/aromatic N) is 5. The van der Waals surface area contributed by atoms with E-state index in [2.05, 4.69) is 15.3 Å². The lowest BCUT2D eigenvalue weighted by Gasteiger charge is -2.23. The van der Waals surface area contributed by atoms with Gasteiger partial charge in [0.25, 0.3) is 5.65 Å². The van der Waals surface area contributed by atoms with Crippen LogP contribution < -0.4 is 20.4 Å². The molecule has 2 amide bonds. The summed E-state index contributed by atoms with van der Waals surface area (Å²) in [5.74, 6) is -17.2. The summed E-state index contributed by atoms with van der Waals surface area (Å²) in [7, 11) is 0. The fourth-order valence-electron chi connectivity index (χ4n) is 7.40. The maximum Gasteiger partial charge on any atom is 0.407 e. The summed E-state index contributed by atoms with van der Waals surface area (Å²) in [6, 6.07) is 20.8. The number of hydrogen-bond donors (Lipinski definition) is 2. The first-order valence-electron chi connectivity index (χ1n) is 17.7. The maximum absolute atomic E-state index is 14.6. The van der Waals surface area contributed by atoms with Gasteiger partial charge in [0.1, 0.15) is 25.2 Å². The summed E-state index contributed by atoms with van der Waals surface area (Å²) in [5, 5.41) is 2.35. The lowest BCUT2D eigenvalue weighted by molar-refractivity contribution is -0.549. The molecular weight excluding hydrogens is 769 g/mol. The van der Waals surface area contributed by atoms with Crippen molar-refractivity contribution in [2.24, 2.45) is 0 Å². The van der Waals surface area contributed by atoms with E-state index in [0.717, 1.165) is 38.0 Å². The number of fused-ring (bicyclic) bond motifs is 4. The van der Waals surface area contributed by atoms with E-state index < -0.39 is 77.3 Å². The van der Waals surface area contributed by atoms with Crippen molar-refractivity contribution in [2.75, 3.05) is 25.4 Å². The predicted molar refractivity (Wildman–Crippen MR) is 192 cm³/mol. The van der Waals surface area contributed by atoms with Crippen molar-refractivity contribution in [3.8, 4) is 16.9 Å². The molecule has 6 aromatic rings. The van der Waals surface area contributed by atoms with E-state index in [9.17, 15) is 41.1 Å². The number of esters is 1. The smallest absolute Gasteiger partial charge is 0.407 e. The van der Waals surface area contributed by atoms with E-state index in [4.69, 9.17) is 15.2 Å². The van der Waals surface area contributed by atoms with Crippen LogP contribution in [0.2, 0.25) is 0 Å². The summed E-state index contributed by atoms with van der Waals surface area (Å²) < 4.78 is 84.0. The van der Waals surface area contributed by atoms with Gasteiger partial charge >= 0.3 is 18.0 Å². The largest absolute Gasteiger partial charge is 0.449 e. The van der Waals surface area contributed by atoms with Gasteiger partial charge in [-0.25, -0.2) is 37.1 Å². The number of nitrogen functional groups attached to an aromatic ring is 1. The van der Waals surface area contributed by atoms with E-state index in [0.29, 0.717) is 0 Å². The molecule has 2 aromatic heterocycles. The average molecular weight is 799 g/mol.